The highest BCUT2D eigenvalue weighted by atomic mass is 16.2. The number of rotatable bonds is 2. The second kappa shape index (κ2) is 8.82. The Balaban J connectivity index is 1.25. The van der Waals surface area contributed by atoms with E-state index in [1.807, 2.05) is 91.9 Å². The number of amides is 4. The Morgan fingerprint density at radius 3 is 1.79 bits per heavy atom. The van der Waals surface area contributed by atoms with Crippen molar-refractivity contribution in [3.05, 3.63) is 84.9 Å². The fourth-order valence-electron chi connectivity index (χ4n) is 4.49. The Labute approximate surface area is 192 Å². The molecule has 1 atom stereocenters. The van der Waals surface area contributed by atoms with Gasteiger partial charge in [0.15, 0.2) is 0 Å². The molecule has 166 valence electrons. The maximum Gasteiger partial charge on any atom is 0.322 e. The Hall–Kier alpha value is -4.06. The minimum Gasteiger partial charge on any atom is -0.321 e. The molecule has 0 unspecified atom stereocenters. The van der Waals surface area contributed by atoms with Gasteiger partial charge in [0, 0.05) is 36.4 Å². The summed E-state index contributed by atoms with van der Waals surface area (Å²) in [5, 5.41) is 10.3. The number of anilines is 2. The highest BCUT2D eigenvalue weighted by molar-refractivity contribution is 6.03. The molecule has 1 heterocycles. The highest BCUT2D eigenvalue weighted by Crippen LogP contribution is 2.25. The Morgan fingerprint density at radius 2 is 1.21 bits per heavy atom. The summed E-state index contributed by atoms with van der Waals surface area (Å²) in [6.45, 7) is 3.39. The lowest BCUT2D eigenvalue weighted by Gasteiger charge is -2.39. The number of urea groups is 2. The van der Waals surface area contributed by atoms with Gasteiger partial charge in [-0.05, 0) is 29.8 Å². The van der Waals surface area contributed by atoms with E-state index in [4.69, 9.17) is 0 Å². The number of hydrogen-bond acceptors (Lipinski definition) is 2. The maximum absolute atomic E-state index is 13.0. The van der Waals surface area contributed by atoms with Gasteiger partial charge >= 0.3 is 12.1 Å². The van der Waals surface area contributed by atoms with Crippen LogP contribution in [0.15, 0.2) is 84.9 Å². The lowest BCUT2D eigenvalue weighted by molar-refractivity contribution is 0.124. The molecule has 1 aliphatic rings. The van der Waals surface area contributed by atoms with Crippen LogP contribution in [0.4, 0.5) is 21.0 Å². The van der Waals surface area contributed by atoms with Crippen molar-refractivity contribution >= 4 is 45.0 Å². The summed E-state index contributed by atoms with van der Waals surface area (Å²) >= 11 is 0. The number of hydrogen-bond donors (Lipinski definition) is 2. The van der Waals surface area contributed by atoms with Gasteiger partial charge in [0.25, 0.3) is 0 Å². The lowest BCUT2D eigenvalue weighted by atomic mass is 10.1. The van der Waals surface area contributed by atoms with Crippen LogP contribution in [0.5, 0.6) is 0 Å². The third kappa shape index (κ3) is 4.20. The van der Waals surface area contributed by atoms with Gasteiger partial charge in [-0.25, -0.2) is 9.59 Å². The molecule has 1 saturated heterocycles. The zero-order valence-electron chi connectivity index (χ0n) is 18.5. The van der Waals surface area contributed by atoms with E-state index in [0.717, 1.165) is 32.9 Å². The zero-order chi connectivity index (χ0) is 22.8. The first kappa shape index (κ1) is 20.8. The molecular weight excluding hydrogens is 412 g/mol. The summed E-state index contributed by atoms with van der Waals surface area (Å²) in [5.41, 5.74) is 1.59. The van der Waals surface area contributed by atoms with Gasteiger partial charge in [-0.1, -0.05) is 72.8 Å². The number of benzene rings is 4. The van der Waals surface area contributed by atoms with Crippen molar-refractivity contribution in [2.75, 3.05) is 30.3 Å². The molecule has 1 aliphatic heterocycles. The summed E-state index contributed by atoms with van der Waals surface area (Å²) in [7, 11) is 0. The lowest BCUT2D eigenvalue weighted by Crippen LogP contribution is -2.57. The van der Waals surface area contributed by atoms with E-state index in [9.17, 15) is 9.59 Å². The molecule has 4 amide bonds. The van der Waals surface area contributed by atoms with E-state index >= 15 is 0 Å². The monoisotopic (exact) mass is 438 g/mol. The van der Waals surface area contributed by atoms with Gasteiger partial charge in [0.2, 0.25) is 0 Å². The molecule has 0 aliphatic carbocycles. The molecule has 2 N–H and O–H groups in total. The van der Waals surface area contributed by atoms with E-state index in [0.29, 0.717) is 19.6 Å². The average molecular weight is 439 g/mol. The third-order valence-electron chi connectivity index (χ3n) is 6.24. The predicted molar refractivity (Wildman–Crippen MR) is 134 cm³/mol. The summed E-state index contributed by atoms with van der Waals surface area (Å²) in [6, 6.07) is 27.3. The predicted octanol–water partition coefficient (Wildman–Crippen LogP) is 5.76. The largest absolute Gasteiger partial charge is 0.322 e. The molecule has 33 heavy (non-hydrogen) atoms. The molecule has 6 heteroatoms. The van der Waals surface area contributed by atoms with Crippen LogP contribution >= 0.6 is 0 Å². The highest BCUT2D eigenvalue weighted by Gasteiger charge is 2.30. The third-order valence-corrected chi connectivity index (χ3v) is 6.24. The van der Waals surface area contributed by atoms with E-state index in [1.54, 1.807) is 9.80 Å². The second-order valence-corrected chi connectivity index (χ2v) is 8.40. The van der Waals surface area contributed by atoms with Crippen molar-refractivity contribution in [3.63, 3.8) is 0 Å². The molecule has 5 rings (SSSR count). The first-order valence-electron chi connectivity index (χ1n) is 11.2. The zero-order valence-corrected chi connectivity index (χ0v) is 18.5. The standard InChI is InChI=1S/C27H26N4O2/c1-19-18-30(26(32)28-24-14-6-10-20-8-2-4-12-22(20)24)16-17-31(19)27(33)29-25-15-7-11-21-9-3-5-13-23(21)25/h2-15,19H,16-18H2,1H3,(H,28,32)(H,29,33)/t19-/m1/s1. The normalized spacial score (nSPS) is 16.1. The smallest absolute Gasteiger partial charge is 0.321 e. The quantitative estimate of drug-likeness (QED) is 0.418. The van der Waals surface area contributed by atoms with Crippen molar-refractivity contribution < 1.29 is 9.59 Å². The van der Waals surface area contributed by atoms with Gasteiger partial charge < -0.3 is 20.4 Å². The fraction of sp³-hybridized carbons (Fsp3) is 0.185. The van der Waals surface area contributed by atoms with Crippen molar-refractivity contribution in [2.45, 2.75) is 13.0 Å². The number of nitrogens with one attached hydrogen (secondary N) is 2. The van der Waals surface area contributed by atoms with Gasteiger partial charge in [-0.3, -0.25) is 0 Å². The number of carbonyl (C=O) groups is 2. The van der Waals surface area contributed by atoms with E-state index in [1.165, 1.54) is 0 Å². The molecule has 4 aromatic carbocycles. The Bertz CT molecular complexity index is 1330. The van der Waals surface area contributed by atoms with E-state index in [2.05, 4.69) is 10.6 Å². The molecular formula is C27H26N4O2. The van der Waals surface area contributed by atoms with Gasteiger partial charge in [0.05, 0.1) is 11.4 Å². The summed E-state index contributed by atoms with van der Waals surface area (Å²) in [5.74, 6) is 0. The van der Waals surface area contributed by atoms with Crippen molar-refractivity contribution in [1.82, 2.24) is 9.80 Å². The molecule has 0 spiro atoms. The molecule has 1 fully saturated rings. The summed E-state index contributed by atoms with van der Waals surface area (Å²) in [4.78, 5) is 29.6. The number of carbonyl (C=O) groups excluding carboxylic acids is 2. The van der Waals surface area contributed by atoms with Crippen LogP contribution in [-0.2, 0) is 0 Å². The van der Waals surface area contributed by atoms with E-state index in [-0.39, 0.29) is 18.1 Å². The second-order valence-electron chi connectivity index (χ2n) is 8.40. The molecule has 0 aromatic heterocycles. The fourth-order valence-corrected chi connectivity index (χ4v) is 4.49. The summed E-state index contributed by atoms with van der Waals surface area (Å²) < 4.78 is 0. The minimum absolute atomic E-state index is 0.105. The van der Waals surface area contributed by atoms with Gasteiger partial charge in [0.1, 0.15) is 0 Å². The van der Waals surface area contributed by atoms with Gasteiger partial charge in [-0.2, -0.15) is 0 Å². The molecule has 0 saturated carbocycles. The van der Waals surface area contributed by atoms with Crippen molar-refractivity contribution in [2.24, 2.45) is 0 Å². The first-order chi connectivity index (χ1) is 16.1. The van der Waals surface area contributed by atoms with Crippen LogP contribution in [-0.4, -0.2) is 47.5 Å². The Morgan fingerprint density at radius 1 is 0.697 bits per heavy atom. The van der Waals surface area contributed by atoms with Crippen LogP contribution in [0.3, 0.4) is 0 Å². The van der Waals surface area contributed by atoms with Crippen molar-refractivity contribution in [3.8, 4) is 0 Å². The average Bonchev–Trinajstić information content (AvgIpc) is 2.84. The number of piperazine rings is 1. The van der Waals surface area contributed by atoms with Crippen LogP contribution in [0, 0.1) is 0 Å². The van der Waals surface area contributed by atoms with Gasteiger partial charge in [-0.15, -0.1) is 0 Å². The van der Waals surface area contributed by atoms with Crippen LogP contribution in [0.2, 0.25) is 0 Å². The van der Waals surface area contributed by atoms with E-state index < -0.39 is 0 Å². The molecule has 6 nitrogen and oxygen atoms in total. The minimum atomic E-state index is -0.146. The molecule has 0 radical (unpaired) electrons. The number of fused-ring (bicyclic) bond motifs is 2. The molecule has 0 bridgehead atoms. The van der Waals surface area contributed by atoms with Crippen LogP contribution in [0.25, 0.3) is 21.5 Å². The SMILES string of the molecule is C[C@@H]1CN(C(=O)Nc2cccc3ccccc23)CCN1C(=O)Nc1cccc2ccccc12. The maximum atomic E-state index is 13.0. The summed E-state index contributed by atoms with van der Waals surface area (Å²) in [6.07, 6.45) is 0. The van der Waals surface area contributed by atoms with Crippen LogP contribution in [0.1, 0.15) is 6.92 Å². The topological polar surface area (TPSA) is 64.7 Å². The first-order valence-corrected chi connectivity index (χ1v) is 11.2. The van der Waals surface area contributed by atoms with Crippen LogP contribution < -0.4 is 10.6 Å². The Kier molecular flexibility index (Phi) is 5.57. The van der Waals surface area contributed by atoms with Crippen molar-refractivity contribution in [1.29, 1.82) is 0 Å². The molecule has 4 aromatic rings. The number of nitrogens with zero attached hydrogens (tertiary/aromatic N) is 2.